The quantitative estimate of drug-likeness (QED) is 0.446. The molecule has 172 valence electrons. The lowest BCUT2D eigenvalue weighted by atomic mass is 10.1. The van der Waals surface area contributed by atoms with Crippen LogP contribution in [-0.2, 0) is 17.8 Å². The lowest BCUT2D eigenvalue weighted by Gasteiger charge is -2.27. The van der Waals surface area contributed by atoms with E-state index in [1.54, 1.807) is 9.80 Å². The minimum Gasteiger partial charge on any atom is -0.464 e. The van der Waals surface area contributed by atoms with Crippen LogP contribution in [0.5, 0.6) is 0 Å². The Labute approximate surface area is 193 Å². The highest BCUT2D eigenvalue weighted by Gasteiger charge is 2.30. The lowest BCUT2D eigenvalue weighted by molar-refractivity contribution is -0.132. The SMILES string of the molecule is Cc1ccc(CN(CCc2ccccc2)C(=O)CN(CC2CC2)C(=O)c2ccc(F)cc2)o1. The molecule has 0 unspecified atom stereocenters. The first kappa shape index (κ1) is 22.8. The highest BCUT2D eigenvalue weighted by Crippen LogP contribution is 2.30. The smallest absolute Gasteiger partial charge is 0.254 e. The summed E-state index contributed by atoms with van der Waals surface area (Å²) in [5.41, 5.74) is 1.53. The topological polar surface area (TPSA) is 53.8 Å². The number of rotatable bonds is 10. The van der Waals surface area contributed by atoms with Crippen molar-refractivity contribution in [2.24, 2.45) is 5.92 Å². The predicted octanol–water partition coefficient (Wildman–Crippen LogP) is 4.85. The number of carbonyl (C=O) groups excluding carboxylic acids is 2. The van der Waals surface area contributed by atoms with Gasteiger partial charge in [0.2, 0.25) is 5.91 Å². The van der Waals surface area contributed by atoms with Crippen LogP contribution in [-0.4, -0.2) is 41.2 Å². The first-order valence-corrected chi connectivity index (χ1v) is 11.4. The Kier molecular flexibility index (Phi) is 7.23. The van der Waals surface area contributed by atoms with Gasteiger partial charge in [-0.15, -0.1) is 0 Å². The number of benzene rings is 2. The van der Waals surface area contributed by atoms with Crippen molar-refractivity contribution in [2.75, 3.05) is 19.6 Å². The van der Waals surface area contributed by atoms with Gasteiger partial charge in [-0.05, 0) is 74.1 Å². The molecule has 2 aromatic carbocycles. The molecular formula is C27H29FN2O3. The van der Waals surface area contributed by atoms with Gasteiger partial charge in [0.05, 0.1) is 6.54 Å². The maximum absolute atomic E-state index is 13.4. The minimum absolute atomic E-state index is 0.0127. The van der Waals surface area contributed by atoms with Gasteiger partial charge in [-0.3, -0.25) is 9.59 Å². The van der Waals surface area contributed by atoms with E-state index >= 15 is 0 Å². The van der Waals surface area contributed by atoms with E-state index < -0.39 is 5.82 Å². The highest BCUT2D eigenvalue weighted by molar-refractivity contribution is 5.96. The van der Waals surface area contributed by atoms with Crippen molar-refractivity contribution in [3.63, 3.8) is 0 Å². The number of halogens is 1. The molecular weight excluding hydrogens is 419 g/mol. The zero-order valence-corrected chi connectivity index (χ0v) is 18.9. The number of aryl methyl sites for hydroxylation is 1. The van der Waals surface area contributed by atoms with Crippen molar-refractivity contribution < 1.29 is 18.4 Å². The zero-order valence-electron chi connectivity index (χ0n) is 18.9. The summed E-state index contributed by atoms with van der Waals surface area (Å²) in [6.45, 7) is 3.26. The van der Waals surface area contributed by atoms with E-state index in [-0.39, 0.29) is 18.4 Å². The normalized spacial score (nSPS) is 13.0. The number of carbonyl (C=O) groups is 2. The Balaban J connectivity index is 1.49. The summed E-state index contributed by atoms with van der Waals surface area (Å²) in [6, 6.07) is 19.3. The largest absolute Gasteiger partial charge is 0.464 e. The van der Waals surface area contributed by atoms with Crippen LogP contribution < -0.4 is 0 Å². The second kappa shape index (κ2) is 10.5. The molecule has 1 aliphatic rings. The van der Waals surface area contributed by atoms with Gasteiger partial charge in [0.15, 0.2) is 0 Å². The third-order valence-electron chi connectivity index (χ3n) is 5.89. The fraction of sp³-hybridized carbons (Fsp3) is 0.333. The third-order valence-corrected chi connectivity index (χ3v) is 5.89. The summed E-state index contributed by atoms with van der Waals surface area (Å²) in [5, 5.41) is 0. The van der Waals surface area contributed by atoms with Crippen LogP contribution in [0, 0.1) is 18.7 Å². The molecule has 6 heteroatoms. The molecule has 1 saturated carbocycles. The van der Waals surface area contributed by atoms with Crippen LogP contribution in [0.25, 0.3) is 0 Å². The molecule has 0 radical (unpaired) electrons. The molecule has 0 saturated heterocycles. The summed E-state index contributed by atoms with van der Waals surface area (Å²) in [7, 11) is 0. The van der Waals surface area contributed by atoms with Crippen molar-refractivity contribution in [2.45, 2.75) is 32.7 Å². The Morgan fingerprint density at radius 2 is 1.70 bits per heavy atom. The average Bonchev–Trinajstić information content (AvgIpc) is 3.55. The first-order valence-electron chi connectivity index (χ1n) is 11.4. The Morgan fingerprint density at radius 3 is 2.33 bits per heavy atom. The summed E-state index contributed by atoms with van der Waals surface area (Å²) >= 11 is 0. The highest BCUT2D eigenvalue weighted by atomic mass is 19.1. The van der Waals surface area contributed by atoms with E-state index in [0.29, 0.717) is 43.3 Å². The molecule has 0 bridgehead atoms. The van der Waals surface area contributed by atoms with E-state index in [2.05, 4.69) is 0 Å². The summed E-state index contributed by atoms with van der Waals surface area (Å²) in [4.78, 5) is 29.9. The second-order valence-electron chi connectivity index (χ2n) is 8.70. The maximum atomic E-state index is 13.4. The van der Waals surface area contributed by atoms with Crippen molar-refractivity contribution in [3.8, 4) is 0 Å². The molecule has 1 aromatic heterocycles. The van der Waals surface area contributed by atoms with Crippen molar-refractivity contribution in [1.82, 2.24) is 9.80 Å². The molecule has 5 nitrogen and oxygen atoms in total. The minimum atomic E-state index is -0.391. The molecule has 2 amide bonds. The van der Waals surface area contributed by atoms with Crippen LogP contribution in [0.4, 0.5) is 4.39 Å². The number of nitrogens with zero attached hydrogens (tertiary/aromatic N) is 2. The molecule has 1 aliphatic carbocycles. The van der Waals surface area contributed by atoms with Gasteiger partial charge in [0.1, 0.15) is 23.9 Å². The van der Waals surface area contributed by atoms with Crippen LogP contribution >= 0.6 is 0 Å². The summed E-state index contributed by atoms with van der Waals surface area (Å²) < 4.78 is 19.0. The Bertz CT molecular complexity index is 1070. The predicted molar refractivity (Wildman–Crippen MR) is 124 cm³/mol. The molecule has 0 spiro atoms. The van der Waals surface area contributed by atoms with Crippen LogP contribution in [0.15, 0.2) is 71.1 Å². The van der Waals surface area contributed by atoms with Gasteiger partial charge >= 0.3 is 0 Å². The van der Waals surface area contributed by atoms with Gasteiger partial charge < -0.3 is 14.2 Å². The standard InChI is InChI=1S/C27H29FN2O3/c1-20-7-14-25(33-20)18-29(16-15-21-5-3-2-4-6-21)26(31)19-30(17-22-8-9-22)27(32)23-10-12-24(28)13-11-23/h2-7,10-14,22H,8-9,15-19H2,1H3. The molecule has 0 aliphatic heterocycles. The van der Waals surface area contributed by atoms with Crippen molar-refractivity contribution >= 4 is 11.8 Å². The molecule has 1 heterocycles. The van der Waals surface area contributed by atoms with Gasteiger partial charge in [-0.25, -0.2) is 4.39 Å². The molecule has 3 aromatic rings. The number of amides is 2. The fourth-order valence-electron chi connectivity index (χ4n) is 3.83. The average molecular weight is 449 g/mol. The van der Waals surface area contributed by atoms with E-state index in [9.17, 15) is 14.0 Å². The van der Waals surface area contributed by atoms with Crippen molar-refractivity contribution in [1.29, 1.82) is 0 Å². The Morgan fingerprint density at radius 1 is 0.970 bits per heavy atom. The van der Waals surface area contributed by atoms with Crippen LogP contribution in [0.3, 0.4) is 0 Å². The van der Waals surface area contributed by atoms with E-state index in [1.165, 1.54) is 24.3 Å². The van der Waals surface area contributed by atoms with Gasteiger partial charge in [-0.2, -0.15) is 0 Å². The van der Waals surface area contributed by atoms with Crippen LogP contribution in [0.1, 0.15) is 40.3 Å². The van der Waals surface area contributed by atoms with Gasteiger partial charge in [0, 0.05) is 18.7 Å². The van der Waals surface area contributed by atoms with Crippen LogP contribution in [0.2, 0.25) is 0 Å². The molecule has 0 N–H and O–H groups in total. The van der Waals surface area contributed by atoms with E-state index in [0.717, 1.165) is 24.2 Å². The van der Waals surface area contributed by atoms with E-state index in [4.69, 9.17) is 4.42 Å². The maximum Gasteiger partial charge on any atom is 0.254 e. The first-order chi connectivity index (χ1) is 16.0. The molecule has 1 fully saturated rings. The summed E-state index contributed by atoms with van der Waals surface area (Å²) in [5.74, 6) is 1.17. The number of hydrogen-bond acceptors (Lipinski definition) is 3. The molecule has 0 atom stereocenters. The van der Waals surface area contributed by atoms with Gasteiger partial charge in [-0.1, -0.05) is 30.3 Å². The fourth-order valence-corrected chi connectivity index (χ4v) is 3.83. The van der Waals surface area contributed by atoms with Gasteiger partial charge in [0.25, 0.3) is 5.91 Å². The molecule has 33 heavy (non-hydrogen) atoms. The summed E-state index contributed by atoms with van der Waals surface area (Å²) in [6.07, 6.45) is 2.83. The lowest BCUT2D eigenvalue weighted by Crippen LogP contribution is -2.44. The zero-order chi connectivity index (χ0) is 23.2. The van der Waals surface area contributed by atoms with E-state index in [1.807, 2.05) is 49.4 Å². The Hall–Kier alpha value is -3.41. The monoisotopic (exact) mass is 448 g/mol. The van der Waals surface area contributed by atoms with Crippen molar-refractivity contribution in [3.05, 3.63) is 95.2 Å². The number of hydrogen-bond donors (Lipinski definition) is 0. The second-order valence-corrected chi connectivity index (χ2v) is 8.70. The third kappa shape index (κ3) is 6.54. The molecule has 4 rings (SSSR count). The number of furan rings is 1.